The Kier molecular flexibility index (Phi) is 4.86. The third kappa shape index (κ3) is 3.43. The van der Waals surface area contributed by atoms with E-state index in [2.05, 4.69) is 11.4 Å². The lowest BCUT2D eigenvalue weighted by Gasteiger charge is -2.15. The summed E-state index contributed by atoms with van der Waals surface area (Å²) in [6.45, 7) is 0.235. The van der Waals surface area contributed by atoms with Gasteiger partial charge in [-0.15, -0.1) is 0 Å². The van der Waals surface area contributed by atoms with Crippen molar-refractivity contribution in [3.63, 3.8) is 0 Å². The van der Waals surface area contributed by atoms with Crippen LogP contribution in [-0.4, -0.2) is 11.7 Å². The van der Waals surface area contributed by atoms with Gasteiger partial charge in [-0.3, -0.25) is 0 Å². The highest BCUT2D eigenvalue weighted by Crippen LogP contribution is 2.27. The van der Waals surface area contributed by atoms with Crippen molar-refractivity contribution in [1.82, 2.24) is 0 Å². The van der Waals surface area contributed by atoms with Crippen molar-refractivity contribution in [3.8, 4) is 6.07 Å². The van der Waals surface area contributed by atoms with E-state index in [0.717, 1.165) is 0 Å². The molecule has 0 saturated heterocycles. The lowest BCUT2D eigenvalue weighted by molar-refractivity contribution is 0.192. The molecule has 0 aliphatic heterocycles. The SMILES string of the molecule is N#Cc1ccccc1NCC(O)c1cc(Cl)ccc1Cl. The molecule has 0 radical (unpaired) electrons. The van der Waals surface area contributed by atoms with Crippen molar-refractivity contribution in [3.05, 3.63) is 63.6 Å². The number of nitrogens with zero attached hydrogens (tertiary/aromatic N) is 1. The molecule has 0 heterocycles. The van der Waals surface area contributed by atoms with E-state index in [1.165, 1.54) is 0 Å². The Hall–Kier alpha value is -1.73. The maximum Gasteiger partial charge on any atom is 0.101 e. The minimum Gasteiger partial charge on any atom is -0.387 e. The second kappa shape index (κ2) is 6.62. The van der Waals surface area contributed by atoms with Gasteiger partial charge in [-0.2, -0.15) is 5.26 Å². The van der Waals surface area contributed by atoms with Crippen LogP contribution in [0.1, 0.15) is 17.2 Å². The van der Waals surface area contributed by atoms with Gasteiger partial charge in [-0.25, -0.2) is 0 Å². The zero-order chi connectivity index (χ0) is 14.5. The van der Waals surface area contributed by atoms with Gasteiger partial charge < -0.3 is 10.4 Å². The fraction of sp³-hybridized carbons (Fsp3) is 0.133. The van der Waals surface area contributed by atoms with E-state index >= 15 is 0 Å². The maximum absolute atomic E-state index is 10.2. The lowest BCUT2D eigenvalue weighted by atomic mass is 10.1. The summed E-state index contributed by atoms with van der Waals surface area (Å²) in [6, 6.07) is 14.1. The fourth-order valence-electron chi connectivity index (χ4n) is 1.82. The summed E-state index contributed by atoms with van der Waals surface area (Å²) in [5.74, 6) is 0. The van der Waals surface area contributed by atoms with Crippen LogP contribution >= 0.6 is 23.2 Å². The molecule has 1 unspecified atom stereocenters. The molecule has 0 aliphatic carbocycles. The van der Waals surface area contributed by atoms with Crippen molar-refractivity contribution in [1.29, 1.82) is 5.26 Å². The van der Waals surface area contributed by atoms with E-state index < -0.39 is 6.10 Å². The molecule has 0 saturated carbocycles. The van der Waals surface area contributed by atoms with Crippen molar-refractivity contribution >= 4 is 28.9 Å². The predicted molar refractivity (Wildman–Crippen MR) is 81.1 cm³/mol. The summed E-state index contributed by atoms with van der Waals surface area (Å²) in [5.41, 5.74) is 1.75. The quantitative estimate of drug-likeness (QED) is 0.897. The first-order valence-electron chi connectivity index (χ1n) is 5.98. The van der Waals surface area contributed by atoms with Gasteiger partial charge in [0, 0.05) is 22.2 Å². The molecule has 0 fully saturated rings. The van der Waals surface area contributed by atoms with Crippen LogP contribution < -0.4 is 5.32 Å². The highest BCUT2D eigenvalue weighted by atomic mass is 35.5. The third-order valence-electron chi connectivity index (χ3n) is 2.85. The number of benzene rings is 2. The molecule has 5 heteroatoms. The number of aliphatic hydroxyl groups excluding tert-OH is 1. The first-order valence-corrected chi connectivity index (χ1v) is 6.73. The molecule has 2 aromatic rings. The molecule has 1 atom stereocenters. The molecule has 2 rings (SSSR count). The average Bonchev–Trinajstić information content (AvgIpc) is 2.47. The second-order valence-electron chi connectivity index (χ2n) is 4.22. The number of hydrogen-bond acceptors (Lipinski definition) is 3. The highest BCUT2D eigenvalue weighted by Gasteiger charge is 2.12. The van der Waals surface area contributed by atoms with Crippen LogP contribution in [0.2, 0.25) is 10.0 Å². The zero-order valence-electron chi connectivity index (χ0n) is 10.5. The lowest BCUT2D eigenvalue weighted by Crippen LogP contribution is -2.13. The second-order valence-corrected chi connectivity index (χ2v) is 5.06. The number of hydrogen-bond donors (Lipinski definition) is 2. The molecule has 102 valence electrons. The van der Waals surface area contributed by atoms with Crippen LogP contribution in [0.25, 0.3) is 0 Å². The van der Waals surface area contributed by atoms with E-state index in [-0.39, 0.29) is 6.54 Å². The predicted octanol–water partition coefficient (Wildman–Crippen LogP) is 4.01. The first-order chi connectivity index (χ1) is 9.61. The number of nitrogens with one attached hydrogen (secondary N) is 1. The number of aliphatic hydroxyl groups is 1. The first kappa shape index (κ1) is 14.7. The normalized spacial score (nSPS) is 11.7. The Labute approximate surface area is 127 Å². The van der Waals surface area contributed by atoms with Gasteiger partial charge >= 0.3 is 0 Å². The molecule has 0 bridgehead atoms. The maximum atomic E-state index is 10.2. The zero-order valence-corrected chi connectivity index (χ0v) is 12.0. The molecule has 0 aromatic heterocycles. The van der Waals surface area contributed by atoms with Gasteiger partial charge in [0.2, 0.25) is 0 Å². The summed E-state index contributed by atoms with van der Waals surface area (Å²) in [4.78, 5) is 0. The number of rotatable bonds is 4. The summed E-state index contributed by atoms with van der Waals surface area (Å²) in [7, 11) is 0. The molecule has 20 heavy (non-hydrogen) atoms. The number of anilines is 1. The average molecular weight is 307 g/mol. The van der Waals surface area contributed by atoms with Crippen molar-refractivity contribution in [2.24, 2.45) is 0 Å². The number of nitriles is 1. The van der Waals surface area contributed by atoms with Gasteiger partial charge in [-0.1, -0.05) is 35.3 Å². The van der Waals surface area contributed by atoms with E-state index in [9.17, 15) is 5.11 Å². The highest BCUT2D eigenvalue weighted by molar-refractivity contribution is 6.33. The van der Waals surface area contributed by atoms with Crippen molar-refractivity contribution in [2.45, 2.75) is 6.10 Å². The molecule has 2 aromatic carbocycles. The van der Waals surface area contributed by atoms with Crippen molar-refractivity contribution in [2.75, 3.05) is 11.9 Å². The Balaban J connectivity index is 2.11. The molecule has 3 nitrogen and oxygen atoms in total. The minimum absolute atomic E-state index is 0.235. The van der Waals surface area contributed by atoms with Crippen LogP contribution in [0.3, 0.4) is 0 Å². The monoisotopic (exact) mass is 306 g/mol. The van der Waals surface area contributed by atoms with Crippen LogP contribution in [0.15, 0.2) is 42.5 Å². The number of halogens is 2. The van der Waals surface area contributed by atoms with Gasteiger partial charge in [0.25, 0.3) is 0 Å². The summed E-state index contributed by atoms with van der Waals surface area (Å²) in [6.07, 6.45) is -0.812. The van der Waals surface area contributed by atoms with Crippen molar-refractivity contribution < 1.29 is 5.11 Å². The van der Waals surface area contributed by atoms with Crippen LogP contribution in [0.5, 0.6) is 0 Å². The summed E-state index contributed by atoms with van der Waals surface area (Å²) < 4.78 is 0. The van der Waals surface area contributed by atoms with Gasteiger partial charge in [-0.05, 0) is 30.3 Å². The summed E-state index contributed by atoms with van der Waals surface area (Å²) in [5, 5.41) is 23.2. The Morgan fingerprint density at radius 3 is 2.70 bits per heavy atom. The van der Waals surface area contributed by atoms with E-state index in [1.54, 1.807) is 36.4 Å². The molecule has 0 spiro atoms. The summed E-state index contributed by atoms with van der Waals surface area (Å²) >= 11 is 11.9. The van der Waals surface area contributed by atoms with Gasteiger partial charge in [0.1, 0.15) is 6.07 Å². The van der Waals surface area contributed by atoms with E-state index in [4.69, 9.17) is 28.5 Å². The third-order valence-corrected chi connectivity index (χ3v) is 3.43. The van der Waals surface area contributed by atoms with Gasteiger partial charge in [0.05, 0.1) is 17.4 Å². The standard InChI is InChI=1S/C15H12Cl2N2O/c16-11-5-6-13(17)12(7-11)15(20)9-19-14-4-2-1-3-10(14)8-18/h1-7,15,19-20H,9H2. The Bertz CT molecular complexity index is 653. The molecular formula is C15H12Cl2N2O. The number of para-hydroxylation sites is 1. The largest absolute Gasteiger partial charge is 0.387 e. The fourth-order valence-corrected chi connectivity index (χ4v) is 2.25. The van der Waals surface area contributed by atoms with E-state index in [1.807, 2.05) is 6.07 Å². The van der Waals surface area contributed by atoms with E-state index in [0.29, 0.717) is 26.9 Å². The topological polar surface area (TPSA) is 56.0 Å². The molecule has 0 amide bonds. The Morgan fingerprint density at radius 2 is 1.95 bits per heavy atom. The van der Waals surface area contributed by atoms with Crippen LogP contribution in [0, 0.1) is 11.3 Å². The molecular weight excluding hydrogens is 295 g/mol. The molecule has 2 N–H and O–H groups in total. The molecule has 0 aliphatic rings. The Morgan fingerprint density at radius 1 is 1.20 bits per heavy atom. The smallest absolute Gasteiger partial charge is 0.101 e. The van der Waals surface area contributed by atoms with Crippen LogP contribution in [-0.2, 0) is 0 Å². The van der Waals surface area contributed by atoms with Crippen LogP contribution in [0.4, 0.5) is 5.69 Å². The minimum atomic E-state index is -0.812. The van der Waals surface area contributed by atoms with Gasteiger partial charge in [0.15, 0.2) is 0 Å².